The number of ether oxygens (including phenoxy) is 1. The van der Waals surface area contributed by atoms with Crippen LogP contribution in [0.15, 0.2) is 10.9 Å². The van der Waals surface area contributed by atoms with Crippen molar-refractivity contribution in [2.75, 3.05) is 26.8 Å². The lowest BCUT2D eigenvalue weighted by molar-refractivity contribution is -0.120. The Labute approximate surface area is 127 Å². The van der Waals surface area contributed by atoms with Crippen LogP contribution in [0.25, 0.3) is 5.65 Å². The fraction of sp³-hybridized carbons (Fsp3) is 0.500. The molecule has 2 heterocycles. The molecule has 0 bridgehead atoms. The summed E-state index contributed by atoms with van der Waals surface area (Å²) in [4.78, 5) is 27.5. The molecule has 3 N–H and O–H groups in total. The largest absolute Gasteiger partial charge is 0.383 e. The molecule has 0 unspecified atom stereocenters. The molecule has 2 aromatic heterocycles. The third-order valence-electron chi connectivity index (χ3n) is 3.43. The number of aromatic amines is 1. The Balaban J connectivity index is 2.02. The predicted octanol–water partition coefficient (Wildman–Crippen LogP) is -0.508. The molecule has 0 radical (unpaired) electrons. The van der Waals surface area contributed by atoms with Crippen LogP contribution in [0, 0.1) is 13.8 Å². The molecule has 0 atom stereocenters. The molecule has 2 aromatic rings. The van der Waals surface area contributed by atoms with Gasteiger partial charge in [0.05, 0.1) is 13.2 Å². The van der Waals surface area contributed by atoms with E-state index in [0.29, 0.717) is 25.3 Å². The van der Waals surface area contributed by atoms with Gasteiger partial charge in [0, 0.05) is 43.2 Å². The van der Waals surface area contributed by atoms with Crippen LogP contribution in [0.1, 0.15) is 17.0 Å². The summed E-state index contributed by atoms with van der Waals surface area (Å²) in [6.07, 6.45) is 0. The number of aromatic nitrogens is 3. The maximum absolute atomic E-state index is 11.8. The van der Waals surface area contributed by atoms with Crippen molar-refractivity contribution in [1.82, 2.24) is 25.2 Å². The first-order valence-electron chi connectivity index (χ1n) is 7.07. The minimum absolute atomic E-state index is 0.101. The number of hydrogen-bond donors (Lipinski definition) is 3. The number of carbonyl (C=O) groups is 1. The van der Waals surface area contributed by atoms with E-state index in [1.165, 1.54) is 6.07 Å². The second kappa shape index (κ2) is 7.19. The maximum atomic E-state index is 11.8. The lowest BCUT2D eigenvalue weighted by Gasteiger charge is -2.12. The van der Waals surface area contributed by atoms with Gasteiger partial charge in [-0.1, -0.05) is 0 Å². The van der Waals surface area contributed by atoms with Crippen LogP contribution in [0.4, 0.5) is 0 Å². The number of rotatable bonds is 7. The summed E-state index contributed by atoms with van der Waals surface area (Å²) in [6.45, 7) is 5.54. The highest BCUT2D eigenvalue weighted by atomic mass is 16.5. The van der Waals surface area contributed by atoms with E-state index >= 15 is 0 Å². The lowest BCUT2D eigenvalue weighted by Crippen LogP contribution is -2.35. The number of nitrogens with one attached hydrogen (secondary N) is 3. The number of H-pyrrole nitrogens is 1. The second-order valence-corrected chi connectivity index (χ2v) is 5.02. The topological polar surface area (TPSA) is 101 Å². The van der Waals surface area contributed by atoms with Gasteiger partial charge >= 0.3 is 0 Å². The van der Waals surface area contributed by atoms with Gasteiger partial charge < -0.3 is 15.4 Å². The van der Waals surface area contributed by atoms with Crippen molar-refractivity contribution in [1.29, 1.82) is 0 Å². The minimum atomic E-state index is -0.196. The third-order valence-corrected chi connectivity index (χ3v) is 3.43. The Kier molecular flexibility index (Phi) is 5.29. The summed E-state index contributed by atoms with van der Waals surface area (Å²) in [5, 5.41) is 8.51. The molecule has 0 aromatic carbocycles. The fourth-order valence-corrected chi connectivity index (χ4v) is 2.24. The highest BCUT2D eigenvalue weighted by Gasteiger charge is 2.11. The molecule has 0 saturated heterocycles. The van der Waals surface area contributed by atoms with E-state index in [2.05, 4.69) is 20.7 Å². The van der Waals surface area contributed by atoms with Crippen molar-refractivity contribution in [3.63, 3.8) is 0 Å². The van der Waals surface area contributed by atoms with Gasteiger partial charge in [0.1, 0.15) is 0 Å². The molecule has 8 nitrogen and oxygen atoms in total. The molecule has 0 spiro atoms. The van der Waals surface area contributed by atoms with Gasteiger partial charge in [0.25, 0.3) is 5.56 Å². The second-order valence-electron chi connectivity index (χ2n) is 5.02. The van der Waals surface area contributed by atoms with Crippen LogP contribution in [0.5, 0.6) is 0 Å². The number of hydrogen-bond acceptors (Lipinski definition) is 5. The van der Waals surface area contributed by atoms with Crippen molar-refractivity contribution in [3.05, 3.63) is 33.4 Å². The van der Waals surface area contributed by atoms with E-state index in [4.69, 9.17) is 4.74 Å². The number of nitrogens with zero attached hydrogens (tertiary/aromatic N) is 2. The van der Waals surface area contributed by atoms with Gasteiger partial charge in [0.15, 0.2) is 5.65 Å². The van der Waals surface area contributed by atoms with E-state index in [-0.39, 0.29) is 18.0 Å². The van der Waals surface area contributed by atoms with Gasteiger partial charge in [0.2, 0.25) is 5.91 Å². The van der Waals surface area contributed by atoms with Crippen molar-refractivity contribution in [2.45, 2.75) is 20.4 Å². The molecule has 0 fully saturated rings. The lowest BCUT2D eigenvalue weighted by atomic mass is 10.1. The smallest absolute Gasteiger partial charge is 0.266 e. The standard InChI is InChI=1S/C14H21N5O3/c1-9-11(7-16-14(21)8-15-4-5-22-3)10(2)19-12(17-9)6-13(20)18-19/h6,15H,4-5,7-8H2,1-3H3,(H,16,21)(H,18,20). The van der Waals surface area contributed by atoms with Crippen molar-refractivity contribution in [2.24, 2.45) is 0 Å². The maximum Gasteiger partial charge on any atom is 0.266 e. The summed E-state index contributed by atoms with van der Waals surface area (Å²) in [5.41, 5.74) is 2.93. The van der Waals surface area contributed by atoms with E-state index in [0.717, 1.165) is 17.0 Å². The number of aryl methyl sites for hydroxylation is 2. The van der Waals surface area contributed by atoms with E-state index in [1.54, 1.807) is 11.6 Å². The molecule has 2 rings (SSSR count). The van der Waals surface area contributed by atoms with Crippen LogP contribution in [-0.4, -0.2) is 47.3 Å². The van der Waals surface area contributed by atoms with Crippen LogP contribution < -0.4 is 16.2 Å². The Morgan fingerprint density at radius 3 is 2.95 bits per heavy atom. The molecular formula is C14H21N5O3. The van der Waals surface area contributed by atoms with Gasteiger partial charge in [-0.25, -0.2) is 9.50 Å². The van der Waals surface area contributed by atoms with Crippen LogP contribution in [0.3, 0.4) is 0 Å². The Morgan fingerprint density at radius 2 is 2.23 bits per heavy atom. The molecule has 0 aliphatic carbocycles. The van der Waals surface area contributed by atoms with Gasteiger partial charge in [-0.2, -0.15) is 0 Å². The summed E-state index contributed by atoms with van der Waals surface area (Å²) < 4.78 is 6.53. The Morgan fingerprint density at radius 1 is 1.45 bits per heavy atom. The highest BCUT2D eigenvalue weighted by molar-refractivity contribution is 5.78. The molecular weight excluding hydrogens is 286 g/mol. The first kappa shape index (κ1) is 16.2. The zero-order valence-electron chi connectivity index (χ0n) is 13.0. The molecule has 120 valence electrons. The molecule has 0 saturated carbocycles. The molecule has 8 heteroatoms. The average Bonchev–Trinajstić information content (AvgIpc) is 2.84. The normalized spacial score (nSPS) is 11.0. The number of carbonyl (C=O) groups excluding carboxylic acids is 1. The monoisotopic (exact) mass is 307 g/mol. The molecule has 22 heavy (non-hydrogen) atoms. The zero-order valence-corrected chi connectivity index (χ0v) is 13.0. The van der Waals surface area contributed by atoms with Crippen molar-refractivity contribution >= 4 is 11.6 Å². The van der Waals surface area contributed by atoms with Crippen LogP contribution in [0.2, 0.25) is 0 Å². The van der Waals surface area contributed by atoms with Crippen LogP contribution >= 0.6 is 0 Å². The summed E-state index contributed by atoms with van der Waals surface area (Å²) in [5.74, 6) is -0.101. The van der Waals surface area contributed by atoms with E-state index < -0.39 is 0 Å². The first-order valence-corrected chi connectivity index (χ1v) is 7.07. The zero-order chi connectivity index (χ0) is 16.1. The highest BCUT2D eigenvalue weighted by Crippen LogP contribution is 2.12. The predicted molar refractivity (Wildman–Crippen MR) is 81.9 cm³/mol. The summed E-state index contributed by atoms with van der Waals surface area (Å²) in [7, 11) is 1.61. The van der Waals surface area contributed by atoms with Crippen LogP contribution in [-0.2, 0) is 16.1 Å². The molecule has 1 amide bonds. The van der Waals surface area contributed by atoms with Gasteiger partial charge in [-0.3, -0.25) is 14.7 Å². The van der Waals surface area contributed by atoms with Gasteiger partial charge in [-0.05, 0) is 13.8 Å². The summed E-state index contributed by atoms with van der Waals surface area (Å²) >= 11 is 0. The minimum Gasteiger partial charge on any atom is -0.383 e. The van der Waals surface area contributed by atoms with Crippen molar-refractivity contribution in [3.8, 4) is 0 Å². The quantitative estimate of drug-likeness (QED) is 0.598. The number of fused-ring (bicyclic) bond motifs is 1. The average molecular weight is 307 g/mol. The third kappa shape index (κ3) is 3.71. The van der Waals surface area contributed by atoms with Crippen molar-refractivity contribution < 1.29 is 9.53 Å². The Bertz CT molecular complexity index is 719. The van der Waals surface area contributed by atoms with E-state index in [1.807, 2.05) is 13.8 Å². The molecule has 0 aliphatic rings. The number of amides is 1. The van der Waals surface area contributed by atoms with Gasteiger partial charge in [-0.15, -0.1) is 0 Å². The summed E-state index contributed by atoms with van der Waals surface area (Å²) in [6, 6.07) is 1.45. The number of methoxy groups -OCH3 is 1. The molecule has 0 aliphatic heterocycles. The Hall–Kier alpha value is -2.19. The SMILES string of the molecule is COCCNCC(=O)NCc1c(C)nc2cc(=O)[nH]n2c1C. The first-order chi connectivity index (χ1) is 10.5. The van der Waals surface area contributed by atoms with E-state index in [9.17, 15) is 9.59 Å². The fourth-order valence-electron chi connectivity index (χ4n) is 2.24.